The fourth-order valence-corrected chi connectivity index (χ4v) is 0.696. The Kier molecular flexibility index (Phi) is 2.02. The van der Waals surface area contributed by atoms with Crippen LogP contribution in [-0.2, 0) is 4.79 Å². The molecule has 1 saturated heterocycles. The standard InChI is InChI=1S/C5H10N2O2/c8-3-7-5(9)4-1-6-2-4/h4,6,8H,1-3H2,(H,7,9). The molecule has 9 heavy (non-hydrogen) atoms. The maximum Gasteiger partial charge on any atom is 0.227 e. The van der Waals surface area contributed by atoms with Crippen LogP contribution in [0.5, 0.6) is 0 Å². The summed E-state index contributed by atoms with van der Waals surface area (Å²) in [6.45, 7) is 1.23. The van der Waals surface area contributed by atoms with Crippen LogP contribution in [0.2, 0.25) is 0 Å². The summed E-state index contributed by atoms with van der Waals surface area (Å²) in [5, 5.41) is 13.5. The monoisotopic (exact) mass is 130 g/mol. The van der Waals surface area contributed by atoms with E-state index in [1.807, 2.05) is 0 Å². The zero-order chi connectivity index (χ0) is 6.69. The molecule has 1 aliphatic rings. The minimum absolute atomic E-state index is 0.0590. The Balaban J connectivity index is 2.16. The van der Waals surface area contributed by atoms with Crippen molar-refractivity contribution in [2.75, 3.05) is 19.8 Å². The second kappa shape index (κ2) is 2.80. The summed E-state index contributed by atoms with van der Waals surface area (Å²) in [5.74, 6) is 0.0217. The van der Waals surface area contributed by atoms with Gasteiger partial charge in [0.05, 0.1) is 5.92 Å². The molecular weight excluding hydrogens is 120 g/mol. The molecule has 0 bridgehead atoms. The fraction of sp³-hybridized carbons (Fsp3) is 0.800. The van der Waals surface area contributed by atoms with Crippen molar-refractivity contribution in [3.8, 4) is 0 Å². The number of carbonyl (C=O) groups excluding carboxylic acids is 1. The first-order valence-electron chi connectivity index (χ1n) is 2.94. The molecule has 0 aromatic heterocycles. The highest BCUT2D eigenvalue weighted by molar-refractivity contribution is 5.79. The van der Waals surface area contributed by atoms with Crippen LogP contribution in [0.4, 0.5) is 0 Å². The van der Waals surface area contributed by atoms with E-state index in [1.54, 1.807) is 0 Å². The lowest BCUT2D eigenvalue weighted by Crippen LogP contribution is -2.50. The normalized spacial score (nSPS) is 18.8. The van der Waals surface area contributed by atoms with Gasteiger partial charge in [-0.05, 0) is 0 Å². The van der Waals surface area contributed by atoms with E-state index < -0.39 is 0 Å². The first kappa shape index (κ1) is 6.51. The second-order valence-electron chi connectivity index (χ2n) is 2.05. The van der Waals surface area contributed by atoms with Crippen molar-refractivity contribution in [3.63, 3.8) is 0 Å². The molecule has 1 heterocycles. The van der Waals surface area contributed by atoms with Gasteiger partial charge in [0.1, 0.15) is 6.73 Å². The molecule has 1 rings (SSSR count). The summed E-state index contributed by atoms with van der Waals surface area (Å²) in [6, 6.07) is 0. The minimum atomic E-state index is -0.255. The number of aliphatic hydroxyl groups is 1. The highest BCUT2D eigenvalue weighted by Gasteiger charge is 2.23. The van der Waals surface area contributed by atoms with E-state index in [-0.39, 0.29) is 18.6 Å². The maximum atomic E-state index is 10.7. The molecule has 0 aliphatic carbocycles. The van der Waals surface area contributed by atoms with E-state index in [9.17, 15) is 4.79 Å². The van der Waals surface area contributed by atoms with Crippen LogP contribution >= 0.6 is 0 Å². The molecule has 0 aromatic carbocycles. The average molecular weight is 130 g/mol. The quantitative estimate of drug-likeness (QED) is 0.389. The molecular formula is C5H10N2O2. The van der Waals surface area contributed by atoms with Gasteiger partial charge >= 0.3 is 0 Å². The number of aliphatic hydroxyl groups excluding tert-OH is 1. The van der Waals surface area contributed by atoms with Crippen LogP contribution in [0.15, 0.2) is 0 Å². The fourth-order valence-electron chi connectivity index (χ4n) is 0.696. The number of amides is 1. The molecule has 0 spiro atoms. The summed E-state index contributed by atoms with van der Waals surface area (Å²) in [6.07, 6.45) is 0. The molecule has 4 nitrogen and oxygen atoms in total. The van der Waals surface area contributed by atoms with Crippen LogP contribution in [0, 0.1) is 5.92 Å². The molecule has 0 unspecified atom stereocenters. The smallest absolute Gasteiger partial charge is 0.227 e. The summed E-state index contributed by atoms with van der Waals surface area (Å²) in [5.41, 5.74) is 0. The van der Waals surface area contributed by atoms with Gasteiger partial charge in [-0.15, -0.1) is 0 Å². The molecule has 0 aromatic rings. The Morgan fingerprint density at radius 3 is 2.78 bits per heavy atom. The van der Waals surface area contributed by atoms with Crippen molar-refractivity contribution >= 4 is 5.91 Å². The van der Waals surface area contributed by atoms with Gasteiger partial charge in [-0.3, -0.25) is 4.79 Å². The van der Waals surface area contributed by atoms with Crippen molar-refractivity contribution in [1.82, 2.24) is 10.6 Å². The summed E-state index contributed by atoms with van der Waals surface area (Å²) >= 11 is 0. The molecule has 4 heteroatoms. The van der Waals surface area contributed by atoms with E-state index in [2.05, 4.69) is 10.6 Å². The van der Waals surface area contributed by atoms with E-state index in [4.69, 9.17) is 5.11 Å². The van der Waals surface area contributed by atoms with Crippen molar-refractivity contribution in [2.45, 2.75) is 0 Å². The highest BCUT2D eigenvalue weighted by Crippen LogP contribution is 2.00. The van der Waals surface area contributed by atoms with Crippen molar-refractivity contribution in [3.05, 3.63) is 0 Å². The van der Waals surface area contributed by atoms with Gasteiger partial charge in [-0.2, -0.15) is 0 Å². The van der Waals surface area contributed by atoms with Gasteiger partial charge in [0, 0.05) is 13.1 Å². The Morgan fingerprint density at radius 2 is 2.44 bits per heavy atom. The third-order valence-electron chi connectivity index (χ3n) is 1.41. The van der Waals surface area contributed by atoms with Crippen molar-refractivity contribution < 1.29 is 9.90 Å². The first-order valence-corrected chi connectivity index (χ1v) is 2.94. The molecule has 3 N–H and O–H groups in total. The Bertz CT molecular complexity index is 112. The van der Waals surface area contributed by atoms with Gasteiger partial charge < -0.3 is 15.7 Å². The molecule has 0 atom stereocenters. The average Bonchev–Trinajstić information content (AvgIpc) is 1.60. The van der Waals surface area contributed by atoms with E-state index in [0.29, 0.717) is 0 Å². The Labute approximate surface area is 53.2 Å². The zero-order valence-corrected chi connectivity index (χ0v) is 5.05. The molecule has 1 amide bonds. The lowest BCUT2D eigenvalue weighted by Gasteiger charge is -2.25. The molecule has 52 valence electrons. The van der Waals surface area contributed by atoms with Crippen LogP contribution in [0.1, 0.15) is 0 Å². The second-order valence-corrected chi connectivity index (χ2v) is 2.05. The highest BCUT2D eigenvalue weighted by atomic mass is 16.3. The van der Waals surface area contributed by atoms with Crippen LogP contribution in [0.25, 0.3) is 0 Å². The third-order valence-corrected chi connectivity index (χ3v) is 1.41. The largest absolute Gasteiger partial charge is 0.377 e. The van der Waals surface area contributed by atoms with E-state index in [1.165, 1.54) is 0 Å². The Hall–Kier alpha value is -0.610. The summed E-state index contributed by atoms with van der Waals surface area (Å²) in [4.78, 5) is 10.7. The van der Waals surface area contributed by atoms with E-state index >= 15 is 0 Å². The van der Waals surface area contributed by atoms with Crippen LogP contribution in [-0.4, -0.2) is 30.8 Å². The predicted octanol–water partition coefficient (Wildman–Crippen LogP) is -1.73. The van der Waals surface area contributed by atoms with Crippen LogP contribution in [0.3, 0.4) is 0 Å². The zero-order valence-electron chi connectivity index (χ0n) is 5.05. The molecule has 1 fully saturated rings. The number of rotatable bonds is 2. The lowest BCUT2D eigenvalue weighted by molar-refractivity contribution is -0.127. The van der Waals surface area contributed by atoms with Gasteiger partial charge in [0.25, 0.3) is 0 Å². The van der Waals surface area contributed by atoms with Gasteiger partial charge in [-0.25, -0.2) is 0 Å². The summed E-state index contributed by atoms with van der Waals surface area (Å²) in [7, 11) is 0. The van der Waals surface area contributed by atoms with Crippen molar-refractivity contribution in [2.24, 2.45) is 5.92 Å². The Morgan fingerprint density at radius 1 is 1.78 bits per heavy atom. The maximum absolute atomic E-state index is 10.7. The van der Waals surface area contributed by atoms with Crippen molar-refractivity contribution in [1.29, 1.82) is 0 Å². The summed E-state index contributed by atoms with van der Waals surface area (Å²) < 4.78 is 0. The SMILES string of the molecule is O=C(NCO)C1CNC1. The molecule has 1 aliphatic heterocycles. The van der Waals surface area contributed by atoms with Gasteiger partial charge in [-0.1, -0.05) is 0 Å². The predicted molar refractivity (Wildman–Crippen MR) is 31.6 cm³/mol. The lowest BCUT2D eigenvalue weighted by atomic mass is 10.0. The van der Waals surface area contributed by atoms with Gasteiger partial charge in [0.15, 0.2) is 0 Å². The third kappa shape index (κ3) is 1.40. The minimum Gasteiger partial charge on any atom is -0.377 e. The first-order chi connectivity index (χ1) is 4.34. The van der Waals surface area contributed by atoms with Crippen LogP contribution < -0.4 is 10.6 Å². The van der Waals surface area contributed by atoms with E-state index in [0.717, 1.165) is 13.1 Å². The molecule has 0 radical (unpaired) electrons. The number of hydrogen-bond acceptors (Lipinski definition) is 3. The molecule has 0 saturated carbocycles. The number of hydrogen-bond donors (Lipinski definition) is 3. The number of carbonyl (C=O) groups is 1. The topological polar surface area (TPSA) is 61.4 Å². The van der Waals surface area contributed by atoms with Gasteiger partial charge in [0.2, 0.25) is 5.91 Å². The number of nitrogens with one attached hydrogen (secondary N) is 2.